The number of aryl methyl sites for hydroxylation is 1. The third-order valence-electron chi connectivity index (χ3n) is 5.25. The molecule has 0 spiro atoms. The minimum Gasteiger partial charge on any atom is -0.298 e. The Morgan fingerprint density at radius 1 is 1.11 bits per heavy atom. The molecule has 0 bridgehead atoms. The van der Waals surface area contributed by atoms with Gasteiger partial charge in [-0.25, -0.2) is 4.98 Å². The standard InChI is InChI=1S/C20H21N7S/c1-14-22-12-17(28-14)13-26-9-6-15(7-10-26)20-24-23-19-5-4-18(25-27(19)20)16-3-2-8-21-11-16/h2-5,8,11-12,15H,6-7,9-10,13H2,1H3. The quantitative estimate of drug-likeness (QED) is 0.531. The summed E-state index contributed by atoms with van der Waals surface area (Å²) >= 11 is 1.79. The van der Waals surface area contributed by atoms with Crippen LogP contribution in [0.3, 0.4) is 0 Å². The molecule has 0 aliphatic carbocycles. The second-order valence-corrected chi connectivity index (χ2v) is 8.50. The molecule has 5 heterocycles. The molecule has 28 heavy (non-hydrogen) atoms. The molecule has 4 aromatic heterocycles. The first-order chi connectivity index (χ1) is 13.8. The monoisotopic (exact) mass is 391 g/mol. The van der Waals surface area contributed by atoms with Crippen LogP contribution in [0.5, 0.6) is 0 Å². The van der Waals surface area contributed by atoms with Gasteiger partial charge in [-0.1, -0.05) is 0 Å². The molecule has 0 amide bonds. The van der Waals surface area contributed by atoms with Gasteiger partial charge in [0, 0.05) is 41.5 Å². The molecular formula is C20H21N7S. The molecule has 5 rings (SSSR count). The van der Waals surface area contributed by atoms with Crippen molar-refractivity contribution >= 4 is 17.0 Å². The molecule has 142 valence electrons. The SMILES string of the molecule is Cc1ncc(CN2CCC(c3nnc4ccc(-c5cccnc5)nn34)CC2)s1. The van der Waals surface area contributed by atoms with Gasteiger partial charge < -0.3 is 0 Å². The number of nitrogens with zero attached hydrogens (tertiary/aromatic N) is 7. The van der Waals surface area contributed by atoms with Gasteiger partial charge in [-0.3, -0.25) is 9.88 Å². The summed E-state index contributed by atoms with van der Waals surface area (Å²) in [6.07, 6.45) is 7.74. The maximum Gasteiger partial charge on any atom is 0.177 e. The summed E-state index contributed by atoms with van der Waals surface area (Å²) < 4.78 is 1.91. The molecule has 0 N–H and O–H groups in total. The van der Waals surface area contributed by atoms with Gasteiger partial charge in [0.1, 0.15) is 0 Å². The van der Waals surface area contributed by atoms with Gasteiger partial charge in [0.05, 0.1) is 10.7 Å². The Kier molecular flexibility index (Phi) is 4.58. The van der Waals surface area contributed by atoms with Crippen LogP contribution in [0, 0.1) is 6.92 Å². The topological polar surface area (TPSA) is 72.1 Å². The van der Waals surface area contributed by atoms with E-state index in [4.69, 9.17) is 5.10 Å². The van der Waals surface area contributed by atoms with Crippen LogP contribution in [0.2, 0.25) is 0 Å². The Labute approximate surface area is 167 Å². The predicted molar refractivity (Wildman–Crippen MR) is 108 cm³/mol. The van der Waals surface area contributed by atoms with Crippen LogP contribution in [0.15, 0.2) is 42.9 Å². The minimum atomic E-state index is 0.381. The Balaban J connectivity index is 1.34. The van der Waals surface area contributed by atoms with Crippen molar-refractivity contribution in [1.29, 1.82) is 0 Å². The van der Waals surface area contributed by atoms with Gasteiger partial charge in [0.25, 0.3) is 0 Å². The van der Waals surface area contributed by atoms with Gasteiger partial charge in [-0.15, -0.1) is 21.5 Å². The van der Waals surface area contributed by atoms with E-state index >= 15 is 0 Å². The lowest BCUT2D eigenvalue weighted by Gasteiger charge is -2.30. The fourth-order valence-corrected chi connectivity index (χ4v) is 4.61. The third kappa shape index (κ3) is 3.41. The lowest BCUT2D eigenvalue weighted by molar-refractivity contribution is 0.202. The number of aromatic nitrogens is 6. The molecule has 0 unspecified atom stereocenters. The predicted octanol–water partition coefficient (Wildman–Crippen LogP) is 3.33. The molecule has 0 atom stereocenters. The molecule has 0 aromatic carbocycles. The molecule has 1 saturated heterocycles. The van der Waals surface area contributed by atoms with Crippen LogP contribution in [0.25, 0.3) is 16.9 Å². The smallest absolute Gasteiger partial charge is 0.177 e. The highest BCUT2D eigenvalue weighted by Crippen LogP contribution is 2.28. The first-order valence-electron chi connectivity index (χ1n) is 9.53. The first kappa shape index (κ1) is 17.4. The van der Waals surface area contributed by atoms with E-state index in [1.54, 1.807) is 17.5 Å². The fraction of sp³-hybridized carbons (Fsp3) is 0.350. The van der Waals surface area contributed by atoms with Gasteiger partial charge in [0.2, 0.25) is 0 Å². The van der Waals surface area contributed by atoms with Gasteiger partial charge in [-0.2, -0.15) is 9.61 Å². The largest absolute Gasteiger partial charge is 0.298 e. The Bertz CT molecular complexity index is 1080. The van der Waals surface area contributed by atoms with Crippen molar-refractivity contribution in [1.82, 2.24) is 34.7 Å². The zero-order valence-electron chi connectivity index (χ0n) is 15.7. The summed E-state index contributed by atoms with van der Waals surface area (Å²) in [7, 11) is 0. The van der Waals surface area contributed by atoms with Crippen molar-refractivity contribution in [2.75, 3.05) is 13.1 Å². The summed E-state index contributed by atoms with van der Waals surface area (Å²) in [4.78, 5) is 12.4. The average molecular weight is 392 g/mol. The van der Waals surface area contributed by atoms with E-state index in [-0.39, 0.29) is 0 Å². The zero-order valence-corrected chi connectivity index (χ0v) is 16.5. The van der Waals surface area contributed by atoms with Gasteiger partial charge in [-0.05, 0) is 57.1 Å². The van der Waals surface area contributed by atoms with Gasteiger partial charge in [0.15, 0.2) is 11.5 Å². The lowest BCUT2D eigenvalue weighted by Crippen LogP contribution is -2.32. The number of piperidine rings is 1. The number of rotatable bonds is 4. The van der Waals surface area contributed by atoms with Crippen LogP contribution < -0.4 is 0 Å². The second-order valence-electron chi connectivity index (χ2n) is 7.18. The normalized spacial score (nSPS) is 16.0. The number of pyridine rings is 1. The Morgan fingerprint density at radius 2 is 2.00 bits per heavy atom. The van der Waals surface area contributed by atoms with Crippen molar-refractivity contribution in [3.8, 4) is 11.3 Å². The lowest BCUT2D eigenvalue weighted by atomic mass is 9.96. The first-order valence-corrected chi connectivity index (χ1v) is 10.3. The van der Waals surface area contributed by atoms with Gasteiger partial charge >= 0.3 is 0 Å². The summed E-state index contributed by atoms with van der Waals surface area (Å²) in [6.45, 7) is 5.16. The zero-order chi connectivity index (χ0) is 18.9. The van der Waals surface area contributed by atoms with Crippen LogP contribution in [-0.2, 0) is 6.54 Å². The van der Waals surface area contributed by atoms with Crippen molar-refractivity contribution in [3.63, 3.8) is 0 Å². The summed E-state index contributed by atoms with van der Waals surface area (Å²) in [5.41, 5.74) is 2.68. The number of likely N-dealkylation sites (tertiary alicyclic amines) is 1. The Morgan fingerprint density at radius 3 is 2.75 bits per heavy atom. The summed E-state index contributed by atoms with van der Waals surface area (Å²) in [5, 5.41) is 14.7. The summed E-state index contributed by atoms with van der Waals surface area (Å²) in [5.74, 6) is 1.35. The van der Waals surface area contributed by atoms with E-state index in [9.17, 15) is 0 Å². The second kappa shape index (κ2) is 7.37. The van der Waals surface area contributed by atoms with E-state index in [2.05, 4.69) is 32.0 Å². The van der Waals surface area contributed by atoms with Crippen LogP contribution in [-0.4, -0.2) is 47.8 Å². The summed E-state index contributed by atoms with van der Waals surface area (Å²) in [6, 6.07) is 7.90. The van der Waals surface area contributed by atoms with Crippen molar-refractivity contribution in [2.24, 2.45) is 0 Å². The van der Waals surface area contributed by atoms with Crippen molar-refractivity contribution in [3.05, 3.63) is 58.6 Å². The molecule has 0 radical (unpaired) electrons. The molecule has 4 aromatic rings. The average Bonchev–Trinajstić information content (AvgIpc) is 3.35. The van der Waals surface area contributed by atoms with E-state index in [0.717, 1.165) is 60.2 Å². The molecular weight excluding hydrogens is 370 g/mol. The van der Waals surface area contributed by atoms with Crippen LogP contribution in [0.1, 0.15) is 34.5 Å². The maximum absolute atomic E-state index is 4.80. The van der Waals surface area contributed by atoms with Crippen LogP contribution >= 0.6 is 11.3 Å². The highest BCUT2D eigenvalue weighted by molar-refractivity contribution is 7.11. The molecule has 7 nitrogen and oxygen atoms in total. The van der Waals surface area contributed by atoms with Crippen molar-refractivity contribution < 1.29 is 0 Å². The number of thiazole rings is 1. The number of hydrogen-bond acceptors (Lipinski definition) is 7. The minimum absolute atomic E-state index is 0.381. The molecule has 1 aliphatic heterocycles. The third-order valence-corrected chi connectivity index (χ3v) is 6.14. The molecule has 8 heteroatoms. The molecule has 1 fully saturated rings. The van der Waals surface area contributed by atoms with E-state index in [0.29, 0.717) is 5.92 Å². The van der Waals surface area contributed by atoms with E-state index in [1.807, 2.05) is 41.2 Å². The van der Waals surface area contributed by atoms with Crippen LogP contribution in [0.4, 0.5) is 0 Å². The number of fused-ring (bicyclic) bond motifs is 1. The van der Waals surface area contributed by atoms with E-state index < -0.39 is 0 Å². The fourth-order valence-electron chi connectivity index (χ4n) is 3.78. The highest BCUT2D eigenvalue weighted by Gasteiger charge is 2.25. The van der Waals surface area contributed by atoms with Crippen molar-refractivity contribution in [2.45, 2.75) is 32.2 Å². The Hall–Kier alpha value is -2.71. The number of hydrogen-bond donors (Lipinski definition) is 0. The maximum atomic E-state index is 4.80. The molecule has 0 saturated carbocycles. The van der Waals surface area contributed by atoms with E-state index in [1.165, 1.54) is 4.88 Å². The highest BCUT2D eigenvalue weighted by atomic mass is 32.1. The molecule has 1 aliphatic rings.